The van der Waals surface area contributed by atoms with E-state index < -0.39 is 0 Å². The number of carbonyl (C=O) groups is 1. The largest absolute Gasteiger partial charge is 0.353 e. The predicted molar refractivity (Wildman–Crippen MR) is 80.1 cm³/mol. The fourth-order valence-corrected chi connectivity index (χ4v) is 1.74. The number of hydrogen-bond donors (Lipinski definition) is 4. The molecule has 0 spiro atoms. The van der Waals surface area contributed by atoms with Gasteiger partial charge in [-0.1, -0.05) is 18.2 Å². The first-order valence-corrected chi connectivity index (χ1v) is 6.90. The van der Waals surface area contributed by atoms with E-state index in [-0.39, 0.29) is 5.91 Å². The Balaban J connectivity index is 1.69. The Labute approximate surface area is 118 Å². The van der Waals surface area contributed by atoms with Gasteiger partial charge >= 0.3 is 0 Å². The minimum absolute atomic E-state index is 0.112. The van der Waals surface area contributed by atoms with Gasteiger partial charge in [-0.05, 0) is 31.4 Å². The average molecular weight is 275 g/mol. The normalized spacial score (nSPS) is 14.8. The van der Waals surface area contributed by atoms with Crippen LogP contribution in [0.3, 0.4) is 0 Å². The third kappa shape index (κ3) is 5.27. The van der Waals surface area contributed by atoms with Crippen LogP contribution in [0.25, 0.3) is 0 Å². The van der Waals surface area contributed by atoms with E-state index in [1.54, 1.807) is 0 Å². The molecular weight excluding hydrogens is 254 g/mol. The van der Waals surface area contributed by atoms with Gasteiger partial charge in [0.2, 0.25) is 11.9 Å². The molecule has 1 fully saturated rings. The molecule has 1 aliphatic carbocycles. The number of nitrogens with zero attached hydrogens (tertiary/aromatic N) is 1. The van der Waals surface area contributed by atoms with Gasteiger partial charge in [0.1, 0.15) is 0 Å². The van der Waals surface area contributed by atoms with E-state index in [1.165, 1.54) is 0 Å². The third-order valence-corrected chi connectivity index (χ3v) is 2.95. The lowest BCUT2D eigenvalue weighted by molar-refractivity contribution is -0.121. The van der Waals surface area contributed by atoms with Crippen LogP contribution in [-0.4, -0.2) is 24.5 Å². The van der Waals surface area contributed by atoms with Gasteiger partial charge in [0, 0.05) is 24.7 Å². The highest BCUT2D eigenvalue weighted by atomic mass is 16.1. The van der Waals surface area contributed by atoms with Crippen molar-refractivity contribution in [1.82, 2.24) is 10.7 Å². The van der Waals surface area contributed by atoms with Crippen LogP contribution in [-0.2, 0) is 4.79 Å². The Kier molecular flexibility index (Phi) is 5.37. The van der Waals surface area contributed by atoms with Gasteiger partial charge in [-0.25, -0.2) is 5.84 Å². The summed E-state index contributed by atoms with van der Waals surface area (Å²) >= 11 is 0. The zero-order valence-corrected chi connectivity index (χ0v) is 11.4. The van der Waals surface area contributed by atoms with E-state index in [2.05, 4.69) is 21.1 Å². The van der Waals surface area contributed by atoms with Crippen molar-refractivity contribution in [2.24, 2.45) is 10.8 Å². The number of hydrazine groups is 1. The molecule has 0 aliphatic heterocycles. The SMILES string of the molecule is NNC(=NCCCC(=O)NC1CC1)Nc1ccccc1. The second kappa shape index (κ2) is 7.49. The Morgan fingerprint density at radius 3 is 2.70 bits per heavy atom. The van der Waals surface area contributed by atoms with Crippen molar-refractivity contribution >= 4 is 17.6 Å². The van der Waals surface area contributed by atoms with Crippen molar-refractivity contribution < 1.29 is 4.79 Å². The summed E-state index contributed by atoms with van der Waals surface area (Å²) in [5.74, 6) is 6.03. The Morgan fingerprint density at radius 2 is 2.05 bits per heavy atom. The molecule has 1 aromatic carbocycles. The maximum absolute atomic E-state index is 11.5. The summed E-state index contributed by atoms with van der Waals surface area (Å²) in [6, 6.07) is 10.1. The van der Waals surface area contributed by atoms with E-state index in [0.29, 0.717) is 31.4 Å². The number of hydrogen-bond acceptors (Lipinski definition) is 3. The van der Waals surface area contributed by atoms with Crippen molar-refractivity contribution in [2.75, 3.05) is 11.9 Å². The summed E-state index contributed by atoms with van der Waals surface area (Å²) in [6.45, 7) is 0.553. The molecule has 0 atom stereocenters. The van der Waals surface area contributed by atoms with Crippen LogP contribution >= 0.6 is 0 Å². The molecule has 0 bridgehead atoms. The maximum atomic E-state index is 11.5. The lowest BCUT2D eigenvalue weighted by atomic mass is 10.3. The van der Waals surface area contributed by atoms with Crippen molar-refractivity contribution in [2.45, 2.75) is 31.7 Å². The molecule has 1 saturated carbocycles. The topological polar surface area (TPSA) is 91.5 Å². The minimum atomic E-state index is 0.112. The van der Waals surface area contributed by atoms with E-state index in [4.69, 9.17) is 5.84 Å². The lowest BCUT2D eigenvalue weighted by Crippen LogP contribution is -2.36. The molecule has 108 valence electrons. The van der Waals surface area contributed by atoms with Gasteiger partial charge < -0.3 is 10.6 Å². The predicted octanol–water partition coefficient (Wildman–Crippen LogP) is 0.977. The number of aliphatic imine (C=N–C) groups is 1. The van der Waals surface area contributed by atoms with Gasteiger partial charge in [-0.2, -0.15) is 0 Å². The number of para-hydroxylation sites is 1. The van der Waals surface area contributed by atoms with E-state index in [9.17, 15) is 4.79 Å². The molecular formula is C14H21N5O. The van der Waals surface area contributed by atoms with Gasteiger partial charge in [-0.15, -0.1) is 0 Å². The second-order valence-corrected chi connectivity index (χ2v) is 4.81. The van der Waals surface area contributed by atoms with Crippen LogP contribution in [0.15, 0.2) is 35.3 Å². The Bertz CT molecular complexity index is 456. The molecule has 1 aliphatic rings. The van der Waals surface area contributed by atoms with E-state index in [0.717, 1.165) is 18.5 Å². The maximum Gasteiger partial charge on any atom is 0.220 e. The standard InChI is InChI=1S/C14H21N5O/c15-19-14(18-11-5-2-1-3-6-11)16-10-4-7-13(20)17-12-8-9-12/h1-3,5-6,12H,4,7-10,15H2,(H,17,20)(H2,16,18,19). The van der Waals surface area contributed by atoms with Crippen LogP contribution in [0.2, 0.25) is 0 Å². The highest BCUT2D eigenvalue weighted by Gasteiger charge is 2.22. The van der Waals surface area contributed by atoms with Gasteiger partial charge in [-0.3, -0.25) is 15.2 Å². The Hall–Kier alpha value is -2.08. The summed E-state index contributed by atoms with van der Waals surface area (Å²) < 4.78 is 0. The third-order valence-electron chi connectivity index (χ3n) is 2.95. The highest BCUT2D eigenvalue weighted by molar-refractivity contribution is 5.93. The number of guanidine groups is 1. The molecule has 0 radical (unpaired) electrons. The quantitative estimate of drug-likeness (QED) is 0.205. The van der Waals surface area contributed by atoms with Crippen molar-refractivity contribution in [3.8, 4) is 0 Å². The molecule has 6 nitrogen and oxygen atoms in total. The van der Waals surface area contributed by atoms with Gasteiger partial charge in [0.25, 0.3) is 0 Å². The van der Waals surface area contributed by atoms with Gasteiger partial charge in [0.15, 0.2) is 0 Å². The summed E-state index contributed by atoms with van der Waals surface area (Å²) in [5.41, 5.74) is 3.43. The summed E-state index contributed by atoms with van der Waals surface area (Å²) in [6.07, 6.45) is 3.45. The minimum Gasteiger partial charge on any atom is -0.353 e. The van der Waals surface area contributed by atoms with E-state index in [1.807, 2.05) is 30.3 Å². The molecule has 1 aromatic rings. The number of rotatable bonds is 6. The smallest absolute Gasteiger partial charge is 0.220 e. The summed E-state index contributed by atoms with van der Waals surface area (Å²) in [4.78, 5) is 15.8. The molecule has 0 unspecified atom stereocenters. The zero-order valence-electron chi connectivity index (χ0n) is 11.4. The first kappa shape index (κ1) is 14.3. The monoisotopic (exact) mass is 275 g/mol. The molecule has 0 saturated heterocycles. The first-order valence-electron chi connectivity index (χ1n) is 6.90. The van der Waals surface area contributed by atoms with Crippen LogP contribution < -0.4 is 21.9 Å². The molecule has 1 amide bonds. The fourth-order valence-electron chi connectivity index (χ4n) is 1.74. The number of carbonyl (C=O) groups excluding carboxylic acids is 1. The van der Waals surface area contributed by atoms with Crippen molar-refractivity contribution in [1.29, 1.82) is 0 Å². The highest BCUT2D eigenvalue weighted by Crippen LogP contribution is 2.18. The fraction of sp³-hybridized carbons (Fsp3) is 0.429. The molecule has 0 heterocycles. The van der Waals surface area contributed by atoms with Crippen LogP contribution in [0.4, 0.5) is 5.69 Å². The van der Waals surface area contributed by atoms with Crippen molar-refractivity contribution in [3.05, 3.63) is 30.3 Å². The van der Waals surface area contributed by atoms with E-state index >= 15 is 0 Å². The number of nitrogens with two attached hydrogens (primary N) is 1. The molecule has 2 rings (SSSR count). The number of anilines is 1. The lowest BCUT2D eigenvalue weighted by Gasteiger charge is -2.08. The summed E-state index contributed by atoms with van der Waals surface area (Å²) in [7, 11) is 0. The average Bonchev–Trinajstić information content (AvgIpc) is 3.27. The molecule has 6 heteroatoms. The summed E-state index contributed by atoms with van der Waals surface area (Å²) in [5, 5.41) is 6.02. The van der Waals surface area contributed by atoms with Gasteiger partial charge in [0.05, 0.1) is 0 Å². The molecule has 0 aromatic heterocycles. The van der Waals surface area contributed by atoms with Crippen LogP contribution in [0, 0.1) is 0 Å². The van der Waals surface area contributed by atoms with Crippen LogP contribution in [0.1, 0.15) is 25.7 Å². The Morgan fingerprint density at radius 1 is 1.30 bits per heavy atom. The zero-order chi connectivity index (χ0) is 14.2. The first-order chi connectivity index (χ1) is 9.78. The number of amides is 1. The second-order valence-electron chi connectivity index (χ2n) is 4.81. The van der Waals surface area contributed by atoms with Crippen LogP contribution in [0.5, 0.6) is 0 Å². The molecule has 20 heavy (non-hydrogen) atoms. The van der Waals surface area contributed by atoms with Crippen molar-refractivity contribution in [3.63, 3.8) is 0 Å². The number of benzene rings is 1. The molecule has 5 N–H and O–H groups in total. The number of nitrogens with one attached hydrogen (secondary N) is 3.